The first-order valence-corrected chi connectivity index (χ1v) is 11.0. The topological polar surface area (TPSA) is 43.8 Å². The molecular formula is C28H32N2O2. The predicted octanol–water partition coefficient (Wildman–Crippen LogP) is 5.30. The van der Waals surface area contributed by atoms with E-state index >= 15 is 0 Å². The minimum atomic E-state index is -0.250. The molecule has 0 fully saturated rings. The van der Waals surface area contributed by atoms with Gasteiger partial charge in [0, 0.05) is 26.2 Å². The van der Waals surface area contributed by atoms with Crippen LogP contribution in [0.2, 0.25) is 0 Å². The zero-order valence-corrected chi connectivity index (χ0v) is 18.9. The fraction of sp³-hybridized carbons (Fsp3) is 0.250. The third kappa shape index (κ3) is 6.39. The molecule has 0 bridgehead atoms. The molecule has 1 N–H and O–H groups in total. The third-order valence-corrected chi connectivity index (χ3v) is 5.71. The molecule has 0 amide bonds. The Bertz CT molecular complexity index is 1130. The first kappa shape index (κ1) is 23.5. The van der Waals surface area contributed by atoms with Crippen LogP contribution in [-0.2, 0) is 17.8 Å². The Morgan fingerprint density at radius 3 is 1.78 bits per heavy atom. The van der Waals surface area contributed by atoms with Gasteiger partial charge in [-0.25, -0.2) is 0 Å². The van der Waals surface area contributed by atoms with Crippen LogP contribution in [-0.4, -0.2) is 55.1 Å². The van der Waals surface area contributed by atoms with Crippen LogP contribution in [0.15, 0.2) is 84.9 Å². The molecule has 4 heteroatoms. The Hall–Kier alpha value is -3.21. The van der Waals surface area contributed by atoms with E-state index in [2.05, 4.69) is 109 Å². The van der Waals surface area contributed by atoms with Gasteiger partial charge in [-0.05, 0) is 53.2 Å². The summed E-state index contributed by atoms with van der Waals surface area (Å²) < 4.78 is 0. The third-order valence-electron chi connectivity index (χ3n) is 5.71. The monoisotopic (exact) mass is 428 g/mol. The molecule has 4 rings (SSSR count). The van der Waals surface area contributed by atoms with Crippen LogP contribution in [0.1, 0.15) is 11.1 Å². The minimum Gasteiger partial charge on any atom is -0.483 e. The van der Waals surface area contributed by atoms with Gasteiger partial charge in [0.15, 0.2) is 0 Å². The lowest BCUT2D eigenvalue weighted by Crippen LogP contribution is -2.33. The first-order chi connectivity index (χ1) is 15.6. The number of carbonyl (C=O) groups is 1. The second-order valence-corrected chi connectivity index (χ2v) is 8.21. The maximum Gasteiger partial charge on any atom is 0.290 e. The summed E-state index contributed by atoms with van der Waals surface area (Å²) in [7, 11) is 4.31. The molecule has 32 heavy (non-hydrogen) atoms. The molecule has 0 aliphatic rings. The minimum absolute atomic E-state index is 0.250. The molecule has 0 radical (unpaired) electrons. The molecule has 4 nitrogen and oxygen atoms in total. The van der Waals surface area contributed by atoms with E-state index in [-0.39, 0.29) is 6.47 Å². The summed E-state index contributed by atoms with van der Waals surface area (Å²) in [5.41, 5.74) is 2.86. The maximum atomic E-state index is 8.36. The van der Waals surface area contributed by atoms with E-state index < -0.39 is 0 Å². The average molecular weight is 429 g/mol. The first-order valence-electron chi connectivity index (χ1n) is 11.0. The molecule has 0 atom stereocenters. The molecular weight excluding hydrogens is 396 g/mol. The lowest BCUT2D eigenvalue weighted by Gasteiger charge is -2.25. The second kappa shape index (κ2) is 12.0. The fourth-order valence-electron chi connectivity index (χ4n) is 4.07. The Kier molecular flexibility index (Phi) is 8.79. The lowest BCUT2D eigenvalue weighted by molar-refractivity contribution is -0.122. The highest BCUT2D eigenvalue weighted by atomic mass is 16.3. The van der Waals surface area contributed by atoms with Gasteiger partial charge in [0.05, 0.1) is 0 Å². The summed E-state index contributed by atoms with van der Waals surface area (Å²) in [6.45, 7) is 3.94. The fourth-order valence-corrected chi connectivity index (χ4v) is 4.07. The maximum absolute atomic E-state index is 8.36. The molecule has 166 valence electrons. The van der Waals surface area contributed by atoms with Crippen LogP contribution in [0.25, 0.3) is 21.5 Å². The van der Waals surface area contributed by atoms with Crippen molar-refractivity contribution in [1.82, 2.24) is 9.80 Å². The zero-order valence-electron chi connectivity index (χ0n) is 18.9. The van der Waals surface area contributed by atoms with Crippen LogP contribution in [0.5, 0.6) is 0 Å². The summed E-state index contributed by atoms with van der Waals surface area (Å²) in [5.74, 6) is 0. The summed E-state index contributed by atoms with van der Waals surface area (Å²) in [6.07, 6.45) is 1.07. The van der Waals surface area contributed by atoms with Crippen LogP contribution in [0.4, 0.5) is 0 Å². The molecule has 0 aliphatic heterocycles. The van der Waals surface area contributed by atoms with Crippen molar-refractivity contribution >= 4 is 28.0 Å². The molecule has 0 aliphatic carbocycles. The number of rotatable bonds is 8. The van der Waals surface area contributed by atoms with Gasteiger partial charge in [0.1, 0.15) is 0 Å². The van der Waals surface area contributed by atoms with Crippen molar-refractivity contribution in [2.45, 2.75) is 13.0 Å². The second-order valence-electron chi connectivity index (χ2n) is 8.21. The number of benzene rings is 4. The highest BCUT2D eigenvalue weighted by Gasteiger charge is 2.10. The van der Waals surface area contributed by atoms with Crippen molar-refractivity contribution in [2.24, 2.45) is 0 Å². The van der Waals surface area contributed by atoms with E-state index in [0.717, 1.165) is 32.6 Å². The Labute approximate surface area is 190 Å². The summed E-state index contributed by atoms with van der Waals surface area (Å²) in [5, 5.41) is 12.3. The predicted molar refractivity (Wildman–Crippen MR) is 134 cm³/mol. The highest BCUT2D eigenvalue weighted by molar-refractivity contribution is 5.86. The van der Waals surface area contributed by atoms with E-state index in [1.165, 1.54) is 32.7 Å². The van der Waals surface area contributed by atoms with Crippen LogP contribution in [0.3, 0.4) is 0 Å². The quantitative estimate of drug-likeness (QED) is 0.387. The molecule has 0 spiro atoms. The number of likely N-dealkylation sites (N-methyl/N-ethyl adjacent to an activating group) is 1. The molecule has 0 aromatic heterocycles. The van der Waals surface area contributed by atoms with Crippen molar-refractivity contribution < 1.29 is 9.90 Å². The summed E-state index contributed by atoms with van der Waals surface area (Å²) in [4.78, 5) is 13.2. The van der Waals surface area contributed by atoms with Crippen molar-refractivity contribution in [3.63, 3.8) is 0 Å². The molecule has 0 saturated carbocycles. The molecule has 4 aromatic rings. The Morgan fingerprint density at radius 2 is 1.19 bits per heavy atom. The van der Waals surface area contributed by atoms with Crippen molar-refractivity contribution in [3.05, 3.63) is 96.1 Å². The Morgan fingerprint density at radius 1 is 0.688 bits per heavy atom. The molecule has 4 aromatic carbocycles. The smallest absolute Gasteiger partial charge is 0.290 e. The van der Waals surface area contributed by atoms with Gasteiger partial charge in [0.25, 0.3) is 6.47 Å². The number of carboxylic acid groups (broad SMARTS) is 1. The lowest BCUT2D eigenvalue weighted by atomic mass is 10.0. The SMILES string of the molecule is CN(C)CCN(CCc1cccc2ccccc12)Cc1cccc2ccccc12.O=CO. The average Bonchev–Trinajstić information content (AvgIpc) is 2.81. The molecule has 0 unspecified atom stereocenters. The standard InChI is InChI=1S/C27H30N2.CH2O2/c1-28(2)19-20-29(21-25-14-8-12-23-10-4-6-16-27(23)25)18-17-24-13-7-11-22-9-3-5-15-26(22)24;2-1-3/h3-16H,17-21H2,1-2H3;1H,(H,2,3). The molecule has 0 saturated heterocycles. The number of fused-ring (bicyclic) bond motifs is 2. The van der Waals surface area contributed by atoms with Crippen molar-refractivity contribution in [1.29, 1.82) is 0 Å². The summed E-state index contributed by atoms with van der Waals surface area (Å²) >= 11 is 0. The van der Waals surface area contributed by atoms with Gasteiger partial charge in [-0.1, -0.05) is 84.9 Å². The Balaban J connectivity index is 0.000000913. The largest absolute Gasteiger partial charge is 0.483 e. The van der Waals surface area contributed by atoms with E-state index in [0.29, 0.717) is 0 Å². The van der Waals surface area contributed by atoms with Gasteiger partial charge in [-0.2, -0.15) is 0 Å². The zero-order chi connectivity index (χ0) is 22.8. The molecule has 0 heterocycles. The number of hydrogen-bond donors (Lipinski definition) is 1. The van der Waals surface area contributed by atoms with E-state index in [1.807, 2.05) is 0 Å². The van der Waals surface area contributed by atoms with Gasteiger partial charge in [-0.15, -0.1) is 0 Å². The van der Waals surface area contributed by atoms with Crippen molar-refractivity contribution in [2.75, 3.05) is 33.7 Å². The van der Waals surface area contributed by atoms with E-state index in [1.54, 1.807) is 0 Å². The highest BCUT2D eigenvalue weighted by Crippen LogP contribution is 2.22. The summed E-state index contributed by atoms with van der Waals surface area (Å²) in [6, 6.07) is 30.8. The van der Waals surface area contributed by atoms with Crippen LogP contribution >= 0.6 is 0 Å². The van der Waals surface area contributed by atoms with E-state index in [4.69, 9.17) is 9.90 Å². The normalized spacial score (nSPS) is 11.0. The van der Waals surface area contributed by atoms with Crippen LogP contribution < -0.4 is 0 Å². The van der Waals surface area contributed by atoms with Gasteiger partial charge < -0.3 is 10.0 Å². The van der Waals surface area contributed by atoms with Crippen molar-refractivity contribution in [3.8, 4) is 0 Å². The van der Waals surface area contributed by atoms with Gasteiger partial charge in [0.2, 0.25) is 0 Å². The number of nitrogens with zero attached hydrogens (tertiary/aromatic N) is 2. The van der Waals surface area contributed by atoms with Crippen LogP contribution in [0, 0.1) is 0 Å². The van der Waals surface area contributed by atoms with Gasteiger partial charge in [-0.3, -0.25) is 9.69 Å². The van der Waals surface area contributed by atoms with Gasteiger partial charge >= 0.3 is 0 Å². The number of hydrogen-bond acceptors (Lipinski definition) is 3. The van der Waals surface area contributed by atoms with E-state index in [9.17, 15) is 0 Å².